The molecular formula is C37H24Br2F2N2O4. The minimum atomic E-state index is -0.719. The Morgan fingerprint density at radius 1 is 0.596 bits per heavy atom. The summed E-state index contributed by atoms with van der Waals surface area (Å²) in [6, 6.07) is 30.2. The SMILES string of the molecule is O=C(C=CCC(=O)Oc1c(-c2ccc(F)cc2)ccn1-c1ccc(Br)cc1)Oc1c(-c2ccc(F)cc2)ccn1-c1ccc(Br)cc1. The second-order valence-electron chi connectivity index (χ2n) is 10.3. The molecular weight excluding hydrogens is 734 g/mol. The predicted molar refractivity (Wildman–Crippen MR) is 183 cm³/mol. The van der Waals surface area contributed by atoms with Gasteiger partial charge in [0.1, 0.15) is 11.6 Å². The Morgan fingerprint density at radius 3 is 1.47 bits per heavy atom. The summed E-state index contributed by atoms with van der Waals surface area (Å²) in [6.45, 7) is 0. The largest absolute Gasteiger partial charge is 0.408 e. The molecule has 0 bridgehead atoms. The van der Waals surface area contributed by atoms with Crippen molar-refractivity contribution >= 4 is 43.8 Å². The second-order valence-corrected chi connectivity index (χ2v) is 12.1. The maximum atomic E-state index is 13.6. The minimum absolute atomic E-state index is 0.229. The molecule has 0 N–H and O–H groups in total. The van der Waals surface area contributed by atoms with Crippen LogP contribution >= 0.6 is 31.9 Å². The zero-order chi connectivity index (χ0) is 32.9. The van der Waals surface area contributed by atoms with E-state index >= 15 is 0 Å². The minimum Gasteiger partial charge on any atom is -0.408 e. The topological polar surface area (TPSA) is 62.5 Å². The molecule has 0 aliphatic heterocycles. The molecule has 234 valence electrons. The third kappa shape index (κ3) is 7.51. The summed E-state index contributed by atoms with van der Waals surface area (Å²) in [5.41, 5.74) is 3.97. The van der Waals surface area contributed by atoms with Gasteiger partial charge in [-0.2, -0.15) is 0 Å². The molecule has 2 aromatic heterocycles. The summed E-state index contributed by atoms with van der Waals surface area (Å²) in [6.07, 6.45) is 5.80. The lowest BCUT2D eigenvalue weighted by Crippen LogP contribution is -2.11. The van der Waals surface area contributed by atoms with E-state index in [9.17, 15) is 18.4 Å². The number of hydrogen-bond acceptors (Lipinski definition) is 4. The number of aromatic nitrogens is 2. The van der Waals surface area contributed by atoms with Gasteiger partial charge in [-0.1, -0.05) is 62.2 Å². The van der Waals surface area contributed by atoms with Crippen LogP contribution in [0.4, 0.5) is 8.78 Å². The first-order chi connectivity index (χ1) is 22.7. The molecule has 0 aliphatic carbocycles. The highest BCUT2D eigenvalue weighted by Crippen LogP contribution is 2.36. The Morgan fingerprint density at radius 2 is 1.02 bits per heavy atom. The van der Waals surface area contributed by atoms with E-state index in [-0.39, 0.29) is 29.8 Å². The van der Waals surface area contributed by atoms with Crippen LogP contribution in [0, 0.1) is 11.6 Å². The van der Waals surface area contributed by atoms with E-state index in [1.54, 1.807) is 57.9 Å². The number of ether oxygens (including phenoxy) is 2. The van der Waals surface area contributed by atoms with E-state index in [4.69, 9.17) is 9.47 Å². The first-order valence-electron chi connectivity index (χ1n) is 14.3. The molecule has 6 aromatic rings. The van der Waals surface area contributed by atoms with Gasteiger partial charge in [0.25, 0.3) is 0 Å². The van der Waals surface area contributed by atoms with Crippen LogP contribution in [0.2, 0.25) is 0 Å². The zero-order valence-corrected chi connectivity index (χ0v) is 27.6. The van der Waals surface area contributed by atoms with Crippen LogP contribution < -0.4 is 9.47 Å². The highest BCUT2D eigenvalue weighted by molar-refractivity contribution is 9.10. The van der Waals surface area contributed by atoms with Crippen LogP contribution in [0.15, 0.2) is 143 Å². The van der Waals surface area contributed by atoms with Gasteiger partial charge in [-0.25, -0.2) is 13.6 Å². The highest BCUT2D eigenvalue weighted by Gasteiger charge is 2.19. The molecule has 4 aromatic carbocycles. The Balaban J connectivity index is 1.21. The van der Waals surface area contributed by atoms with Gasteiger partial charge < -0.3 is 9.47 Å². The van der Waals surface area contributed by atoms with E-state index in [0.717, 1.165) is 26.4 Å². The summed E-state index contributed by atoms with van der Waals surface area (Å²) in [5.74, 6) is -1.64. The summed E-state index contributed by atoms with van der Waals surface area (Å²) in [4.78, 5) is 26.1. The van der Waals surface area contributed by atoms with Crippen molar-refractivity contribution in [3.05, 3.63) is 154 Å². The van der Waals surface area contributed by atoms with E-state index < -0.39 is 11.9 Å². The Labute approximate surface area is 285 Å². The lowest BCUT2D eigenvalue weighted by molar-refractivity contribution is -0.133. The van der Waals surface area contributed by atoms with E-state index in [0.29, 0.717) is 22.3 Å². The van der Waals surface area contributed by atoms with Crippen LogP contribution in [-0.2, 0) is 9.59 Å². The molecule has 0 atom stereocenters. The number of halogens is 4. The molecule has 6 rings (SSSR count). The fourth-order valence-corrected chi connectivity index (χ4v) is 5.41. The molecule has 0 saturated carbocycles. The van der Waals surface area contributed by atoms with Crippen LogP contribution in [-0.4, -0.2) is 21.1 Å². The van der Waals surface area contributed by atoms with E-state index in [1.165, 1.54) is 30.3 Å². The number of esters is 2. The average molecular weight is 758 g/mol. The molecule has 0 aliphatic rings. The summed E-state index contributed by atoms with van der Waals surface area (Å²) < 4.78 is 44.1. The van der Waals surface area contributed by atoms with Crippen LogP contribution in [0.3, 0.4) is 0 Å². The lowest BCUT2D eigenvalue weighted by atomic mass is 10.1. The van der Waals surface area contributed by atoms with Crippen molar-refractivity contribution in [2.75, 3.05) is 0 Å². The quantitative estimate of drug-likeness (QED) is 0.109. The van der Waals surface area contributed by atoms with Gasteiger partial charge in [0.2, 0.25) is 11.8 Å². The highest BCUT2D eigenvalue weighted by atomic mass is 79.9. The fourth-order valence-electron chi connectivity index (χ4n) is 4.88. The van der Waals surface area contributed by atoms with Gasteiger partial charge in [0.15, 0.2) is 0 Å². The molecule has 0 unspecified atom stereocenters. The zero-order valence-electron chi connectivity index (χ0n) is 24.4. The lowest BCUT2D eigenvalue weighted by Gasteiger charge is -2.12. The number of nitrogens with zero attached hydrogens (tertiary/aromatic N) is 2. The molecule has 0 amide bonds. The Kier molecular flexibility index (Phi) is 9.60. The molecule has 6 nitrogen and oxygen atoms in total. The molecule has 47 heavy (non-hydrogen) atoms. The van der Waals surface area contributed by atoms with Crippen molar-refractivity contribution in [1.29, 1.82) is 0 Å². The molecule has 0 saturated heterocycles. The number of hydrogen-bond donors (Lipinski definition) is 0. The molecule has 0 fully saturated rings. The van der Waals surface area contributed by atoms with Gasteiger partial charge in [0, 0.05) is 49.9 Å². The van der Waals surface area contributed by atoms with Crippen LogP contribution in [0.25, 0.3) is 33.6 Å². The Hall–Kier alpha value is -5.06. The average Bonchev–Trinajstić information content (AvgIpc) is 3.67. The fraction of sp³-hybridized carbons (Fsp3) is 0.0270. The third-order valence-electron chi connectivity index (χ3n) is 7.15. The van der Waals surface area contributed by atoms with Crippen molar-refractivity contribution in [2.45, 2.75) is 6.42 Å². The normalized spacial score (nSPS) is 11.1. The standard InChI is InChI=1S/C37H24Br2F2N2O4/c38-26-8-16-30(17-9-26)42-22-20-32(24-4-12-28(40)13-5-24)36(42)46-34(44)2-1-3-35(45)47-37-33(25-6-14-29(41)15-7-25)21-23-43(37)31-18-10-27(39)11-19-31/h1-2,4-23H,3H2. The number of benzene rings is 4. The van der Waals surface area contributed by atoms with Crippen molar-refractivity contribution in [3.63, 3.8) is 0 Å². The summed E-state index contributed by atoms with van der Waals surface area (Å²) in [7, 11) is 0. The van der Waals surface area contributed by atoms with E-state index in [1.807, 2.05) is 48.5 Å². The molecule has 0 radical (unpaired) electrons. The van der Waals surface area contributed by atoms with Crippen LogP contribution in [0.1, 0.15) is 6.42 Å². The maximum Gasteiger partial charge on any atom is 0.337 e. The maximum absolute atomic E-state index is 13.6. The first-order valence-corrected chi connectivity index (χ1v) is 15.9. The van der Waals surface area contributed by atoms with Crippen molar-refractivity contribution in [3.8, 4) is 45.4 Å². The molecule has 2 heterocycles. The van der Waals surface area contributed by atoms with Gasteiger partial charge >= 0.3 is 11.9 Å². The van der Waals surface area contributed by atoms with Gasteiger partial charge in [-0.3, -0.25) is 13.9 Å². The second kappa shape index (κ2) is 14.1. The van der Waals surface area contributed by atoms with Gasteiger partial charge in [0.05, 0.1) is 6.42 Å². The number of rotatable bonds is 9. The molecule has 0 spiro atoms. The first kappa shape index (κ1) is 31.9. The summed E-state index contributed by atoms with van der Waals surface area (Å²) >= 11 is 6.86. The smallest absolute Gasteiger partial charge is 0.337 e. The van der Waals surface area contributed by atoms with E-state index in [2.05, 4.69) is 31.9 Å². The number of carbonyl (C=O) groups is 2. The Bertz CT molecular complexity index is 1940. The van der Waals surface area contributed by atoms with Crippen LogP contribution in [0.5, 0.6) is 11.8 Å². The van der Waals surface area contributed by atoms with Crippen molar-refractivity contribution in [1.82, 2.24) is 9.13 Å². The predicted octanol–water partition coefficient (Wildman–Crippen LogP) is 9.86. The van der Waals surface area contributed by atoms with Crippen molar-refractivity contribution < 1.29 is 27.8 Å². The monoisotopic (exact) mass is 756 g/mol. The third-order valence-corrected chi connectivity index (χ3v) is 8.20. The summed E-state index contributed by atoms with van der Waals surface area (Å²) in [5, 5.41) is 0. The molecule has 10 heteroatoms. The van der Waals surface area contributed by atoms with Gasteiger partial charge in [-0.15, -0.1) is 0 Å². The number of carbonyl (C=O) groups excluding carboxylic acids is 2. The van der Waals surface area contributed by atoms with Crippen molar-refractivity contribution in [2.24, 2.45) is 0 Å². The van der Waals surface area contributed by atoms with Gasteiger partial charge in [-0.05, 0) is 96.1 Å².